The van der Waals surface area contributed by atoms with Crippen molar-refractivity contribution in [1.29, 1.82) is 0 Å². The lowest BCUT2D eigenvalue weighted by Gasteiger charge is -2.43. The average molecular weight is 354 g/mol. The van der Waals surface area contributed by atoms with Crippen LogP contribution in [0.5, 0.6) is 0 Å². The molecule has 3 nitrogen and oxygen atoms in total. The quantitative estimate of drug-likeness (QED) is 0.828. The van der Waals surface area contributed by atoms with Crippen molar-refractivity contribution in [3.8, 4) is 0 Å². The zero-order valence-corrected chi connectivity index (χ0v) is 15.4. The smallest absolute Gasteiger partial charge is 0.108 e. The summed E-state index contributed by atoms with van der Waals surface area (Å²) in [6.45, 7) is 4.94. The molecular weight excluding hydrogens is 330 g/mol. The SMILES string of the molecule is Cc1cccc(CN=C2Nc3ccc(Cl)cc3CC23CCNCC3)c1. The molecule has 0 aromatic heterocycles. The van der Waals surface area contributed by atoms with Gasteiger partial charge in [0, 0.05) is 16.1 Å². The van der Waals surface area contributed by atoms with Gasteiger partial charge in [0.05, 0.1) is 6.54 Å². The molecule has 2 aromatic carbocycles. The number of halogens is 1. The van der Waals surface area contributed by atoms with Gasteiger partial charge in [0.1, 0.15) is 5.84 Å². The van der Waals surface area contributed by atoms with Crippen molar-refractivity contribution in [2.24, 2.45) is 10.4 Å². The zero-order chi connectivity index (χ0) is 17.3. The highest BCUT2D eigenvalue weighted by atomic mass is 35.5. The molecule has 1 fully saturated rings. The van der Waals surface area contributed by atoms with Crippen LogP contribution in [0.1, 0.15) is 29.5 Å². The first-order valence-corrected chi connectivity index (χ1v) is 9.39. The zero-order valence-electron chi connectivity index (χ0n) is 14.6. The largest absolute Gasteiger partial charge is 0.343 e. The second-order valence-electron chi connectivity index (χ2n) is 7.29. The van der Waals surface area contributed by atoms with E-state index in [-0.39, 0.29) is 5.41 Å². The molecule has 4 heteroatoms. The summed E-state index contributed by atoms with van der Waals surface area (Å²) in [5.74, 6) is 1.14. The molecule has 0 unspecified atom stereocenters. The number of aryl methyl sites for hydroxylation is 1. The van der Waals surface area contributed by atoms with Gasteiger partial charge in [0.15, 0.2) is 0 Å². The fourth-order valence-corrected chi connectivity index (χ4v) is 4.24. The summed E-state index contributed by atoms with van der Waals surface area (Å²) in [6.07, 6.45) is 3.24. The number of rotatable bonds is 2. The molecule has 2 aliphatic heterocycles. The molecule has 25 heavy (non-hydrogen) atoms. The molecule has 2 N–H and O–H groups in total. The molecule has 0 atom stereocenters. The third-order valence-corrected chi connectivity index (χ3v) is 5.65. The summed E-state index contributed by atoms with van der Waals surface area (Å²) in [5, 5.41) is 7.93. The highest BCUT2D eigenvalue weighted by Crippen LogP contribution is 2.41. The number of benzene rings is 2. The van der Waals surface area contributed by atoms with Crippen LogP contribution in [0, 0.1) is 12.3 Å². The van der Waals surface area contributed by atoms with Gasteiger partial charge in [-0.15, -0.1) is 0 Å². The molecule has 0 amide bonds. The van der Waals surface area contributed by atoms with Crippen LogP contribution in [0.4, 0.5) is 5.69 Å². The second-order valence-corrected chi connectivity index (χ2v) is 7.72. The number of hydrogen-bond donors (Lipinski definition) is 2. The van der Waals surface area contributed by atoms with Crippen molar-refractivity contribution in [2.75, 3.05) is 18.4 Å². The van der Waals surface area contributed by atoms with E-state index in [9.17, 15) is 0 Å². The van der Waals surface area contributed by atoms with Gasteiger partial charge in [0.2, 0.25) is 0 Å². The Morgan fingerprint density at radius 2 is 1.96 bits per heavy atom. The molecule has 2 aliphatic rings. The average Bonchev–Trinajstić information content (AvgIpc) is 2.61. The molecule has 1 saturated heterocycles. The fourth-order valence-electron chi connectivity index (χ4n) is 4.05. The third-order valence-electron chi connectivity index (χ3n) is 5.41. The van der Waals surface area contributed by atoms with Crippen LogP contribution in [0.15, 0.2) is 47.5 Å². The molecule has 0 radical (unpaired) electrons. The molecule has 2 heterocycles. The summed E-state index contributed by atoms with van der Waals surface area (Å²) in [7, 11) is 0. The van der Waals surface area contributed by atoms with E-state index in [1.54, 1.807) is 0 Å². The van der Waals surface area contributed by atoms with Gasteiger partial charge in [-0.1, -0.05) is 41.4 Å². The van der Waals surface area contributed by atoms with E-state index < -0.39 is 0 Å². The maximum atomic E-state index is 6.23. The van der Waals surface area contributed by atoms with Crippen LogP contribution >= 0.6 is 11.6 Å². The van der Waals surface area contributed by atoms with E-state index in [1.165, 1.54) is 16.7 Å². The van der Waals surface area contributed by atoms with Gasteiger partial charge in [-0.2, -0.15) is 0 Å². The lowest BCUT2D eigenvalue weighted by Crippen LogP contribution is -2.48. The fraction of sp³-hybridized carbons (Fsp3) is 0.381. The highest BCUT2D eigenvalue weighted by Gasteiger charge is 2.41. The van der Waals surface area contributed by atoms with E-state index in [2.05, 4.69) is 54.0 Å². The standard InChI is InChI=1S/C21H24ClN3/c1-15-3-2-4-16(11-15)14-24-20-21(7-9-23-10-8-21)13-17-12-18(22)5-6-19(17)25-20/h2-6,11-12,23H,7-10,13-14H2,1H3,(H,24,25). The van der Waals surface area contributed by atoms with Crippen molar-refractivity contribution in [1.82, 2.24) is 5.32 Å². The van der Waals surface area contributed by atoms with Crippen LogP contribution < -0.4 is 10.6 Å². The predicted molar refractivity (Wildman–Crippen MR) is 106 cm³/mol. The molecule has 0 bridgehead atoms. The van der Waals surface area contributed by atoms with Crippen LogP contribution in [-0.4, -0.2) is 18.9 Å². The number of amidine groups is 1. The first-order valence-electron chi connectivity index (χ1n) is 9.01. The number of nitrogens with zero attached hydrogens (tertiary/aromatic N) is 1. The van der Waals surface area contributed by atoms with Crippen molar-refractivity contribution in [3.63, 3.8) is 0 Å². The van der Waals surface area contributed by atoms with Crippen LogP contribution in [0.2, 0.25) is 5.02 Å². The maximum absolute atomic E-state index is 6.23. The van der Waals surface area contributed by atoms with Crippen molar-refractivity contribution < 1.29 is 0 Å². The van der Waals surface area contributed by atoms with Crippen LogP contribution in [0.3, 0.4) is 0 Å². The van der Waals surface area contributed by atoms with Crippen LogP contribution in [-0.2, 0) is 13.0 Å². The number of anilines is 1. The monoisotopic (exact) mass is 353 g/mol. The Hall–Kier alpha value is -1.84. The van der Waals surface area contributed by atoms with Gasteiger partial charge in [-0.3, -0.25) is 4.99 Å². The molecule has 4 rings (SSSR count). The summed E-state index contributed by atoms with van der Waals surface area (Å²) < 4.78 is 0. The number of fused-ring (bicyclic) bond motifs is 1. The minimum absolute atomic E-state index is 0.104. The number of aliphatic imine (C=N–C) groups is 1. The Morgan fingerprint density at radius 3 is 2.76 bits per heavy atom. The third kappa shape index (κ3) is 3.44. The lowest BCUT2D eigenvalue weighted by molar-refractivity contribution is 0.293. The Kier molecular flexibility index (Phi) is 4.53. The molecule has 2 aromatic rings. The minimum atomic E-state index is 0.104. The van der Waals surface area contributed by atoms with Gasteiger partial charge in [0.25, 0.3) is 0 Å². The first kappa shape index (κ1) is 16.6. The molecule has 130 valence electrons. The van der Waals surface area contributed by atoms with Crippen molar-refractivity contribution in [2.45, 2.75) is 32.7 Å². The molecule has 0 saturated carbocycles. The topological polar surface area (TPSA) is 36.4 Å². The normalized spacial score (nSPS) is 20.3. The number of piperidine rings is 1. The minimum Gasteiger partial charge on any atom is -0.343 e. The van der Waals surface area contributed by atoms with Crippen LogP contribution in [0.25, 0.3) is 0 Å². The summed E-state index contributed by atoms with van der Waals surface area (Å²) in [5.41, 5.74) is 5.11. The summed E-state index contributed by atoms with van der Waals surface area (Å²) in [6, 6.07) is 14.7. The van der Waals surface area contributed by atoms with Gasteiger partial charge < -0.3 is 10.6 Å². The summed E-state index contributed by atoms with van der Waals surface area (Å²) >= 11 is 6.23. The maximum Gasteiger partial charge on any atom is 0.108 e. The van der Waals surface area contributed by atoms with E-state index in [1.807, 2.05) is 6.07 Å². The highest BCUT2D eigenvalue weighted by molar-refractivity contribution is 6.30. The Balaban J connectivity index is 1.68. The van der Waals surface area contributed by atoms with E-state index in [4.69, 9.17) is 16.6 Å². The van der Waals surface area contributed by atoms with E-state index in [0.717, 1.165) is 55.4 Å². The van der Waals surface area contributed by atoms with Gasteiger partial charge >= 0.3 is 0 Å². The molecule has 1 spiro atoms. The predicted octanol–water partition coefficient (Wildman–Crippen LogP) is 4.58. The number of hydrogen-bond acceptors (Lipinski definition) is 2. The van der Waals surface area contributed by atoms with E-state index in [0.29, 0.717) is 0 Å². The molecule has 0 aliphatic carbocycles. The van der Waals surface area contributed by atoms with Crippen molar-refractivity contribution in [3.05, 3.63) is 64.2 Å². The summed E-state index contributed by atoms with van der Waals surface area (Å²) in [4.78, 5) is 5.04. The Labute approximate surface area is 154 Å². The lowest BCUT2D eigenvalue weighted by atomic mass is 9.71. The number of nitrogens with one attached hydrogen (secondary N) is 2. The molecular formula is C21H24ClN3. The second kappa shape index (κ2) is 6.81. The Bertz CT molecular complexity index is 807. The first-order chi connectivity index (χ1) is 12.1. The van der Waals surface area contributed by atoms with E-state index >= 15 is 0 Å². The Morgan fingerprint density at radius 1 is 1.12 bits per heavy atom. The van der Waals surface area contributed by atoms with Crippen molar-refractivity contribution >= 4 is 23.1 Å². The van der Waals surface area contributed by atoms with Gasteiger partial charge in [-0.05, 0) is 68.6 Å². The van der Waals surface area contributed by atoms with Gasteiger partial charge in [-0.25, -0.2) is 0 Å².